The highest BCUT2D eigenvalue weighted by atomic mass is 35.5. The molecular weight excluding hydrogens is 240 g/mol. The van der Waals surface area contributed by atoms with E-state index in [4.69, 9.17) is 23.2 Å². The lowest BCUT2D eigenvalue weighted by Gasteiger charge is -2.13. The van der Waals surface area contributed by atoms with Crippen LogP contribution in [0.5, 0.6) is 0 Å². The summed E-state index contributed by atoms with van der Waals surface area (Å²) < 4.78 is 0. The molecule has 2 rings (SSSR count). The molecule has 1 fully saturated rings. The first kappa shape index (κ1) is 12.1. The number of hydrogen-bond acceptors (Lipinski definition) is 1. The van der Waals surface area contributed by atoms with Gasteiger partial charge in [0.05, 0.1) is 0 Å². The molecule has 1 N–H and O–H groups in total. The first-order valence-electron chi connectivity index (χ1n) is 4.46. The smallest absolute Gasteiger partial charge is 0.0468 e. The SMILES string of the molecule is Cl.Clc1cccc(Cl)c1[C@@H]1CCCN1. The molecule has 1 aromatic rings. The molecule has 1 atom stereocenters. The fourth-order valence-electron chi connectivity index (χ4n) is 1.77. The molecule has 1 aliphatic heterocycles. The maximum absolute atomic E-state index is 6.09. The van der Waals surface area contributed by atoms with Crippen molar-refractivity contribution in [1.29, 1.82) is 0 Å². The third kappa shape index (κ3) is 2.34. The largest absolute Gasteiger partial charge is 0.310 e. The molecule has 1 saturated heterocycles. The van der Waals surface area contributed by atoms with Gasteiger partial charge in [0.1, 0.15) is 0 Å². The van der Waals surface area contributed by atoms with E-state index in [1.54, 1.807) is 0 Å². The van der Waals surface area contributed by atoms with E-state index in [0.717, 1.165) is 28.6 Å². The van der Waals surface area contributed by atoms with Crippen molar-refractivity contribution in [3.8, 4) is 0 Å². The summed E-state index contributed by atoms with van der Waals surface area (Å²) in [5, 5.41) is 4.93. The van der Waals surface area contributed by atoms with Gasteiger partial charge < -0.3 is 5.32 Å². The van der Waals surface area contributed by atoms with Crippen molar-refractivity contribution in [2.45, 2.75) is 18.9 Å². The molecule has 0 amide bonds. The van der Waals surface area contributed by atoms with Crippen molar-refractivity contribution in [2.24, 2.45) is 0 Å². The molecule has 0 aromatic heterocycles. The van der Waals surface area contributed by atoms with Crippen LogP contribution in [0.25, 0.3) is 0 Å². The minimum Gasteiger partial charge on any atom is -0.310 e. The van der Waals surface area contributed by atoms with E-state index in [0.29, 0.717) is 6.04 Å². The minimum absolute atomic E-state index is 0. The van der Waals surface area contributed by atoms with E-state index in [1.807, 2.05) is 18.2 Å². The zero-order valence-electron chi connectivity index (χ0n) is 7.59. The molecule has 1 aliphatic rings. The lowest BCUT2D eigenvalue weighted by Crippen LogP contribution is -2.13. The topological polar surface area (TPSA) is 12.0 Å². The summed E-state index contributed by atoms with van der Waals surface area (Å²) in [6.45, 7) is 1.06. The number of nitrogens with one attached hydrogen (secondary N) is 1. The predicted octanol–water partition coefficient (Wildman–Crippen LogP) is 3.84. The summed E-state index contributed by atoms with van der Waals surface area (Å²) in [6.07, 6.45) is 2.33. The van der Waals surface area contributed by atoms with Gasteiger partial charge in [0.15, 0.2) is 0 Å². The summed E-state index contributed by atoms with van der Waals surface area (Å²) in [7, 11) is 0. The van der Waals surface area contributed by atoms with Crippen molar-refractivity contribution in [3.05, 3.63) is 33.8 Å². The van der Waals surface area contributed by atoms with Crippen molar-refractivity contribution < 1.29 is 0 Å². The van der Waals surface area contributed by atoms with E-state index in [9.17, 15) is 0 Å². The minimum atomic E-state index is 0. The summed E-state index contributed by atoms with van der Waals surface area (Å²) >= 11 is 12.2. The number of rotatable bonds is 1. The highest BCUT2D eigenvalue weighted by Crippen LogP contribution is 2.34. The molecule has 1 aromatic carbocycles. The van der Waals surface area contributed by atoms with Crippen LogP contribution in [0.1, 0.15) is 24.4 Å². The van der Waals surface area contributed by atoms with Crippen LogP contribution in [0.2, 0.25) is 10.0 Å². The maximum Gasteiger partial charge on any atom is 0.0468 e. The van der Waals surface area contributed by atoms with Gasteiger partial charge in [-0.1, -0.05) is 29.3 Å². The molecule has 0 spiro atoms. The first-order valence-corrected chi connectivity index (χ1v) is 5.22. The molecule has 1 heterocycles. The van der Waals surface area contributed by atoms with Crippen molar-refractivity contribution in [2.75, 3.05) is 6.54 Å². The van der Waals surface area contributed by atoms with Gasteiger partial charge >= 0.3 is 0 Å². The quantitative estimate of drug-likeness (QED) is 0.801. The molecular formula is C10H12Cl3N. The molecule has 0 aliphatic carbocycles. The van der Waals surface area contributed by atoms with Gasteiger partial charge in [0, 0.05) is 21.7 Å². The second-order valence-electron chi connectivity index (χ2n) is 3.28. The summed E-state index contributed by atoms with van der Waals surface area (Å²) in [6, 6.07) is 6.01. The van der Waals surface area contributed by atoms with Crippen LogP contribution in [-0.2, 0) is 0 Å². The van der Waals surface area contributed by atoms with Gasteiger partial charge in [0.2, 0.25) is 0 Å². The Morgan fingerprint density at radius 1 is 1.21 bits per heavy atom. The third-order valence-corrected chi connectivity index (χ3v) is 3.07. The van der Waals surface area contributed by atoms with Gasteiger partial charge in [-0.05, 0) is 31.5 Å². The van der Waals surface area contributed by atoms with Gasteiger partial charge in [-0.15, -0.1) is 12.4 Å². The highest BCUT2D eigenvalue weighted by Gasteiger charge is 2.20. The van der Waals surface area contributed by atoms with Crippen LogP contribution in [0.15, 0.2) is 18.2 Å². The zero-order chi connectivity index (χ0) is 9.26. The Hall–Kier alpha value is 0.0500. The van der Waals surface area contributed by atoms with Gasteiger partial charge in [-0.25, -0.2) is 0 Å². The monoisotopic (exact) mass is 251 g/mol. The van der Waals surface area contributed by atoms with E-state index >= 15 is 0 Å². The molecule has 14 heavy (non-hydrogen) atoms. The van der Waals surface area contributed by atoms with Crippen LogP contribution in [0, 0.1) is 0 Å². The van der Waals surface area contributed by atoms with Crippen LogP contribution in [0.4, 0.5) is 0 Å². The molecule has 0 saturated carbocycles. The molecule has 4 heteroatoms. The Morgan fingerprint density at radius 2 is 1.86 bits per heavy atom. The average Bonchev–Trinajstić information content (AvgIpc) is 2.57. The Morgan fingerprint density at radius 3 is 2.36 bits per heavy atom. The fraction of sp³-hybridized carbons (Fsp3) is 0.400. The van der Waals surface area contributed by atoms with Crippen LogP contribution < -0.4 is 5.32 Å². The summed E-state index contributed by atoms with van der Waals surface area (Å²) in [5.74, 6) is 0. The van der Waals surface area contributed by atoms with Gasteiger partial charge in [0.25, 0.3) is 0 Å². The Kier molecular flexibility index (Phi) is 4.52. The average molecular weight is 253 g/mol. The number of halogens is 3. The second kappa shape index (κ2) is 5.22. The highest BCUT2D eigenvalue weighted by molar-refractivity contribution is 6.36. The van der Waals surface area contributed by atoms with E-state index < -0.39 is 0 Å². The molecule has 0 unspecified atom stereocenters. The lowest BCUT2D eigenvalue weighted by atomic mass is 10.1. The summed E-state index contributed by atoms with van der Waals surface area (Å²) in [4.78, 5) is 0. The van der Waals surface area contributed by atoms with Crippen LogP contribution >= 0.6 is 35.6 Å². The van der Waals surface area contributed by atoms with Gasteiger partial charge in [-0.3, -0.25) is 0 Å². The maximum atomic E-state index is 6.09. The van der Waals surface area contributed by atoms with E-state index in [2.05, 4.69) is 5.32 Å². The Bertz CT molecular complexity index is 288. The fourth-order valence-corrected chi connectivity index (χ4v) is 2.44. The van der Waals surface area contributed by atoms with E-state index in [-0.39, 0.29) is 12.4 Å². The molecule has 78 valence electrons. The number of benzene rings is 1. The van der Waals surface area contributed by atoms with Crippen molar-refractivity contribution in [1.82, 2.24) is 5.32 Å². The van der Waals surface area contributed by atoms with Crippen molar-refractivity contribution >= 4 is 35.6 Å². The van der Waals surface area contributed by atoms with Crippen molar-refractivity contribution in [3.63, 3.8) is 0 Å². The summed E-state index contributed by atoms with van der Waals surface area (Å²) in [5.41, 5.74) is 1.06. The van der Waals surface area contributed by atoms with Crippen LogP contribution in [0.3, 0.4) is 0 Å². The molecule has 1 nitrogen and oxygen atoms in total. The predicted molar refractivity (Wildman–Crippen MR) is 63.7 cm³/mol. The molecule has 0 bridgehead atoms. The zero-order valence-corrected chi connectivity index (χ0v) is 9.92. The number of hydrogen-bond donors (Lipinski definition) is 1. The standard InChI is InChI=1S/C10H11Cl2N.ClH/c11-7-3-1-4-8(12)10(7)9-5-2-6-13-9;/h1,3-4,9,13H,2,5-6H2;1H/t9-;/m0./s1. The Balaban J connectivity index is 0.000000980. The van der Waals surface area contributed by atoms with Gasteiger partial charge in [-0.2, -0.15) is 0 Å². The third-order valence-electron chi connectivity index (χ3n) is 2.41. The lowest BCUT2D eigenvalue weighted by molar-refractivity contribution is 0.648. The van der Waals surface area contributed by atoms with E-state index in [1.165, 1.54) is 6.42 Å². The first-order chi connectivity index (χ1) is 6.29. The van der Waals surface area contributed by atoms with Crippen LogP contribution in [-0.4, -0.2) is 6.54 Å². The Labute approximate surface area is 100 Å². The molecule has 0 radical (unpaired) electrons. The normalized spacial score (nSPS) is 20.6. The second-order valence-corrected chi connectivity index (χ2v) is 4.10.